The number of aliphatic carboxylic acids is 1. The van der Waals surface area contributed by atoms with E-state index in [0.717, 1.165) is 0 Å². The number of benzene rings is 1. The molecule has 0 aliphatic rings. The molecule has 0 spiro atoms. The molecule has 1 atom stereocenters. The molecule has 0 bridgehead atoms. The van der Waals surface area contributed by atoms with Gasteiger partial charge in [-0.3, -0.25) is 9.59 Å². The molecule has 104 valence electrons. The molecule has 0 radical (unpaired) electrons. The fourth-order valence-electron chi connectivity index (χ4n) is 1.78. The monoisotopic (exact) mass is 284 g/mol. The zero-order valence-corrected chi connectivity index (χ0v) is 11.6. The first-order valence-corrected chi connectivity index (χ1v) is 6.31. The van der Waals surface area contributed by atoms with E-state index in [-0.39, 0.29) is 6.54 Å². The lowest BCUT2D eigenvalue weighted by atomic mass is 10.1. The fraction of sp³-hybridized carbons (Fsp3) is 0.385. The predicted octanol–water partition coefficient (Wildman–Crippen LogP) is 1.99. The number of carboxylic acid groups (broad SMARTS) is 1. The molecule has 0 saturated carbocycles. The standard InChI is InChI=1S/C13H17ClN2O3/c1-3-16(7-8(2)13(18)19)11-6-9(14)4-5-10(11)12(15)17/h4-6,8H,3,7H2,1-2H3,(H2,15,17)(H,18,19). The normalized spacial score (nSPS) is 11.9. The highest BCUT2D eigenvalue weighted by Crippen LogP contribution is 2.25. The number of nitrogens with zero attached hydrogens (tertiary/aromatic N) is 1. The third-order valence-electron chi connectivity index (χ3n) is 2.86. The van der Waals surface area contributed by atoms with Gasteiger partial charge in [-0.15, -0.1) is 0 Å². The van der Waals surface area contributed by atoms with Crippen LogP contribution in [0.4, 0.5) is 5.69 Å². The van der Waals surface area contributed by atoms with Gasteiger partial charge in [0.05, 0.1) is 17.2 Å². The third-order valence-corrected chi connectivity index (χ3v) is 3.10. The first-order valence-electron chi connectivity index (χ1n) is 5.93. The van der Waals surface area contributed by atoms with Crippen molar-refractivity contribution in [2.24, 2.45) is 11.7 Å². The van der Waals surface area contributed by atoms with Gasteiger partial charge >= 0.3 is 5.97 Å². The fourth-order valence-corrected chi connectivity index (χ4v) is 1.95. The van der Waals surface area contributed by atoms with Crippen LogP contribution in [0.5, 0.6) is 0 Å². The minimum Gasteiger partial charge on any atom is -0.481 e. The van der Waals surface area contributed by atoms with Crippen molar-refractivity contribution >= 4 is 29.2 Å². The minimum atomic E-state index is -0.888. The molecule has 1 aromatic carbocycles. The number of hydrogen-bond acceptors (Lipinski definition) is 3. The van der Waals surface area contributed by atoms with Crippen LogP contribution >= 0.6 is 11.6 Å². The molecular weight excluding hydrogens is 268 g/mol. The molecule has 0 fully saturated rings. The van der Waals surface area contributed by atoms with Gasteiger partial charge in [0.15, 0.2) is 0 Å². The van der Waals surface area contributed by atoms with Crippen molar-refractivity contribution in [3.05, 3.63) is 28.8 Å². The molecule has 0 heterocycles. The average Bonchev–Trinajstić information content (AvgIpc) is 2.34. The van der Waals surface area contributed by atoms with Crippen molar-refractivity contribution in [2.45, 2.75) is 13.8 Å². The molecule has 1 amide bonds. The summed E-state index contributed by atoms with van der Waals surface area (Å²) in [5, 5.41) is 9.44. The topological polar surface area (TPSA) is 83.6 Å². The van der Waals surface area contributed by atoms with E-state index in [1.807, 2.05) is 6.92 Å². The molecule has 19 heavy (non-hydrogen) atoms. The number of rotatable bonds is 6. The first-order chi connectivity index (χ1) is 8.86. The molecule has 1 unspecified atom stereocenters. The van der Waals surface area contributed by atoms with Crippen LogP contribution in [0.3, 0.4) is 0 Å². The van der Waals surface area contributed by atoms with E-state index in [1.54, 1.807) is 30.0 Å². The van der Waals surface area contributed by atoms with Crippen molar-refractivity contribution in [3.63, 3.8) is 0 Å². The molecule has 3 N–H and O–H groups in total. The van der Waals surface area contributed by atoms with Crippen molar-refractivity contribution in [2.75, 3.05) is 18.0 Å². The first kappa shape index (κ1) is 15.3. The Labute approximate surface area is 117 Å². The summed E-state index contributed by atoms with van der Waals surface area (Å²) >= 11 is 5.93. The number of amides is 1. The van der Waals surface area contributed by atoms with Crippen molar-refractivity contribution < 1.29 is 14.7 Å². The summed E-state index contributed by atoms with van der Waals surface area (Å²) in [7, 11) is 0. The lowest BCUT2D eigenvalue weighted by molar-refractivity contribution is -0.140. The molecule has 0 aliphatic carbocycles. The Morgan fingerprint density at radius 2 is 2.11 bits per heavy atom. The quantitative estimate of drug-likeness (QED) is 0.837. The summed E-state index contributed by atoms with van der Waals surface area (Å²) < 4.78 is 0. The Kier molecular flexibility index (Phi) is 5.18. The Hall–Kier alpha value is -1.75. The summed E-state index contributed by atoms with van der Waals surface area (Å²) in [5.74, 6) is -2.01. The zero-order valence-electron chi connectivity index (χ0n) is 10.9. The number of nitrogens with two attached hydrogens (primary N) is 1. The van der Waals surface area contributed by atoms with E-state index >= 15 is 0 Å². The largest absolute Gasteiger partial charge is 0.481 e. The van der Waals surface area contributed by atoms with Crippen LogP contribution in [0.15, 0.2) is 18.2 Å². The Morgan fingerprint density at radius 3 is 2.58 bits per heavy atom. The summed E-state index contributed by atoms with van der Waals surface area (Å²) in [4.78, 5) is 24.1. The van der Waals surface area contributed by atoms with E-state index < -0.39 is 17.8 Å². The number of hydrogen-bond donors (Lipinski definition) is 2. The predicted molar refractivity (Wildman–Crippen MR) is 74.7 cm³/mol. The van der Waals surface area contributed by atoms with Crippen LogP contribution in [0.25, 0.3) is 0 Å². The Bertz CT molecular complexity index is 491. The third kappa shape index (κ3) is 3.86. The maximum absolute atomic E-state index is 11.4. The summed E-state index contributed by atoms with van der Waals surface area (Å²) in [6.45, 7) is 4.32. The minimum absolute atomic E-state index is 0.284. The summed E-state index contributed by atoms with van der Waals surface area (Å²) in [5.41, 5.74) is 6.23. The number of halogens is 1. The molecule has 0 saturated heterocycles. The highest BCUT2D eigenvalue weighted by atomic mass is 35.5. The van der Waals surface area contributed by atoms with Gasteiger partial charge in [0, 0.05) is 18.1 Å². The van der Waals surface area contributed by atoms with Crippen molar-refractivity contribution in [1.29, 1.82) is 0 Å². The van der Waals surface area contributed by atoms with Crippen LogP contribution in [0, 0.1) is 5.92 Å². The number of anilines is 1. The lowest BCUT2D eigenvalue weighted by Crippen LogP contribution is -2.33. The van der Waals surface area contributed by atoms with Gasteiger partial charge in [-0.1, -0.05) is 18.5 Å². The second-order valence-corrected chi connectivity index (χ2v) is 4.74. The van der Waals surface area contributed by atoms with E-state index in [9.17, 15) is 9.59 Å². The molecule has 5 nitrogen and oxygen atoms in total. The zero-order chi connectivity index (χ0) is 14.6. The highest BCUT2D eigenvalue weighted by molar-refractivity contribution is 6.31. The van der Waals surface area contributed by atoms with Gasteiger partial charge in [0.25, 0.3) is 5.91 Å². The van der Waals surface area contributed by atoms with E-state index in [2.05, 4.69) is 0 Å². The summed E-state index contributed by atoms with van der Waals surface area (Å²) in [6, 6.07) is 4.76. The molecule has 1 aromatic rings. The molecule has 6 heteroatoms. The van der Waals surface area contributed by atoms with Crippen LogP contribution in [-0.2, 0) is 4.79 Å². The maximum Gasteiger partial charge on any atom is 0.308 e. The van der Waals surface area contributed by atoms with Gasteiger partial charge < -0.3 is 15.7 Å². The number of carbonyl (C=O) groups excluding carboxylic acids is 1. The summed E-state index contributed by atoms with van der Waals surface area (Å²) in [6.07, 6.45) is 0. The molecule has 0 aliphatic heterocycles. The van der Waals surface area contributed by atoms with E-state index in [4.69, 9.17) is 22.4 Å². The Morgan fingerprint density at radius 1 is 1.47 bits per heavy atom. The van der Waals surface area contributed by atoms with Crippen LogP contribution in [-0.4, -0.2) is 30.1 Å². The molecule has 0 aromatic heterocycles. The number of carboxylic acids is 1. The van der Waals surface area contributed by atoms with Crippen LogP contribution < -0.4 is 10.6 Å². The second kappa shape index (κ2) is 6.43. The van der Waals surface area contributed by atoms with E-state index in [0.29, 0.717) is 22.8 Å². The maximum atomic E-state index is 11.4. The van der Waals surface area contributed by atoms with Gasteiger partial charge in [0.2, 0.25) is 0 Å². The van der Waals surface area contributed by atoms with Gasteiger partial charge in [-0.05, 0) is 25.1 Å². The van der Waals surface area contributed by atoms with Crippen LogP contribution in [0.1, 0.15) is 24.2 Å². The Balaban J connectivity index is 3.13. The average molecular weight is 285 g/mol. The SMILES string of the molecule is CCN(CC(C)C(=O)O)c1cc(Cl)ccc1C(N)=O. The smallest absolute Gasteiger partial charge is 0.308 e. The number of primary amides is 1. The lowest BCUT2D eigenvalue weighted by Gasteiger charge is -2.26. The second-order valence-electron chi connectivity index (χ2n) is 4.30. The van der Waals surface area contributed by atoms with Gasteiger partial charge in [-0.2, -0.15) is 0 Å². The molecular formula is C13H17ClN2O3. The number of carbonyl (C=O) groups is 2. The van der Waals surface area contributed by atoms with Crippen molar-refractivity contribution in [3.8, 4) is 0 Å². The van der Waals surface area contributed by atoms with Gasteiger partial charge in [0.1, 0.15) is 0 Å². The van der Waals surface area contributed by atoms with E-state index in [1.165, 1.54) is 0 Å². The van der Waals surface area contributed by atoms with Crippen molar-refractivity contribution in [1.82, 2.24) is 0 Å². The highest BCUT2D eigenvalue weighted by Gasteiger charge is 2.19. The van der Waals surface area contributed by atoms with Crippen LogP contribution in [0.2, 0.25) is 5.02 Å². The van der Waals surface area contributed by atoms with Gasteiger partial charge in [-0.25, -0.2) is 0 Å². The molecule has 1 rings (SSSR count).